The predicted molar refractivity (Wildman–Crippen MR) is 213 cm³/mol. The number of carbonyl (C=O) groups is 8. The molecule has 2 aromatic heterocycles. The van der Waals surface area contributed by atoms with Gasteiger partial charge in [-0.2, -0.15) is 0 Å². The van der Waals surface area contributed by atoms with Gasteiger partial charge >= 0.3 is 23.9 Å². The Bertz CT molecular complexity index is 2100. The molecule has 6 rings (SSSR count). The molecule has 28 heteroatoms. The number of carboxylic acid groups (broad SMARTS) is 2. The van der Waals surface area contributed by atoms with Crippen molar-refractivity contribution in [1.82, 2.24) is 30.4 Å². The standard InChI is InChI=1S/2C16H17N5O7S2/c2*1-6(22)28-3-7-4-29-14-10(13(24)21(14)11(7)15(25)26)19-12(23)9(20-27-2)8-5-30-16(17)18-8/h2*5,10,14H,3-4H2,1-2H3,(H2,17,18)(H,19,23)(H,25,26)/b2*20-9+/t2*10-,14-/m11/s1. The first kappa shape index (κ1) is 44.8. The molecule has 4 aliphatic heterocycles. The third kappa shape index (κ3) is 9.61. The quantitative estimate of drug-likeness (QED) is 0.0558. The number of nitrogens with zero attached hydrogens (tertiary/aromatic N) is 6. The minimum absolute atomic E-state index is 0.165. The Morgan fingerprint density at radius 2 is 1.10 bits per heavy atom. The van der Waals surface area contributed by atoms with Gasteiger partial charge in [-0.3, -0.25) is 38.6 Å². The van der Waals surface area contributed by atoms with Crippen LogP contribution in [0.3, 0.4) is 0 Å². The van der Waals surface area contributed by atoms with E-state index in [-0.39, 0.29) is 69.2 Å². The van der Waals surface area contributed by atoms with Gasteiger partial charge in [0.1, 0.15) is 73.0 Å². The number of nitrogen functional groups attached to an aromatic ring is 2. The first-order chi connectivity index (χ1) is 28.5. The molecular formula is C32H34N10O14S4. The molecule has 24 nitrogen and oxygen atoms in total. The number of rotatable bonds is 14. The van der Waals surface area contributed by atoms with Crippen LogP contribution in [-0.4, -0.2) is 151 Å². The van der Waals surface area contributed by atoms with Gasteiger partial charge < -0.3 is 51.5 Å². The molecule has 0 spiro atoms. The number of thioether (sulfide) groups is 2. The highest BCUT2D eigenvalue weighted by atomic mass is 32.2. The van der Waals surface area contributed by atoms with E-state index >= 15 is 0 Å². The molecule has 0 aromatic carbocycles. The summed E-state index contributed by atoms with van der Waals surface area (Å²) >= 11 is 4.71. The number of aliphatic carboxylic acids is 2. The molecule has 0 saturated carbocycles. The van der Waals surface area contributed by atoms with E-state index < -0.39 is 70.3 Å². The fourth-order valence-electron chi connectivity index (χ4n) is 5.77. The summed E-state index contributed by atoms with van der Waals surface area (Å²) in [5.41, 5.74) is 11.3. The van der Waals surface area contributed by atoms with Crippen LogP contribution in [0.5, 0.6) is 0 Å². The molecule has 6 heterocycles. The molecule has 4 amide bonds. The monoisotopic (exact) mass is 910 g/mol. The Labute approximate surface area is 354 Å². The van der Waals surface area contributed by atoms with Gasteiger partial charge in [0, 0.05) is 47.3 Å². The van der Waals surface area contributed by atoms with Crippen LogP contribution in [0.2, 0.25) is 0 Å². The van der Waals surface area contributed by atoms with Gasteiger partial charge in [0.25, 0.3) is 23.6 Å². The minimum Gasteiger partial charge on any atom is -0.477 e. The number of hydrogen-bond acceptors (Lipinski definition) is 22. The molecule has 4 atom stereocenters. The number of β-lactam (4-membered cyclic amide) rings is 2. The summed E-state index contributed by atoms with van der Waals surface area (Å²) in [6.45, 7) is 1.95. The highest BCUT2D eigenvalue weighted by Gasteiger charge is 2.56. The Morgan fingerprint density at radius 3 is 1.38 bits per heavy atom. The largest absolute Gasteiger partial charge is 0.477 e. The van der Waals surface area contributed by atoms with Crippen LogP contribution in [-0.2, 0) is 57.5 Å². The number of esters is 2. The number of nitrogens with one attached hydrogen (secondary N) is 2. The van der Waals surface area contributed by atoms with Crippen molar-refractivity contribution in [2.75, 3.05) is 50.4 Å². The van der Waals surface area contributed by atoms with Crippen molar-refractivity contribution in [2.24, 2.45) is 10.3 Å². The first-order valence-electron chi connectivity index (χ1n) is 16.8. The zero-order valence-electron chi connectivity index (χ0n) is 31.6. The van der Waals surface area contributed by atoms with Gasteiger partial charge in [0.15, 0.2) is 21.7 Å². The second kappa shape index (κ2) is 19.2. The van der Waals surface area contributed by atoms with E-state index in [2.05, 4.69) is 40.6 Å². The Kier molecular flexibility index (Phi) is 14.4. The van der Waals surface area contributed by atoms with Crippen LogP contribution < -0.4 is 22.1 Å². The third-order valence-corrected chi connectivity index (χ3v) is 12.3. The van der Waals surface area contributed by atoms with Crippen molar-refractivity contribution >= 4 is 115 Å². The van der Waals surface area contributed by atoms with Gasteiger partial charge in [-0.15, -0.1) is 46.2 Å². The summed E-state index contributed by atoms with van der Waals surface area (Å²) < 4.78 is 9.76. The smallest absolute Gasteiger partial charge is 0.352 e. The average Bonchev–Trinajstić information content (AvgIpc) is 3.84. The molecule has 0 bridgehead atoms. The van der Waals surface area contributed by atoms with E-state index in [1.807, 2.05) is 0 Å². The maximum atomic E-state index is 12.7. The van der Waals surface area contributed by atoms with Crippen LogP contribution >= 0.6 is 46.2 Å². The summed E-state index contributed by atoms with van der Waals surface area (Å²) in [6.07, 6.45) is 0. The number of carbonyl (C=O) groups excluding carboxylic acids is 6. The normalized spacial score (nSPS) is 20.9. The zero-order valence-corrected chi connectivity index (χ0v) is 34.8. The number of anilines is 2. The van der Waals surface area contributed by atoms with Gasteiger partial charge in [0.05, 0.1) is 0 Å². The summed E-state index contributed by atoms with van der Waals surface area (Å²) in [5.74, 6) is -5.96. The number of ether oxygens (including phenoxy) is 2. The molecular weight excluding hydrogens is 877 g/mol. The van der Waals surface area contributed by atoms with Crippen molar-refractivity contribution in [1.29, 1.82) is 0 Å². The van der Waals surface area contributed by atoms with E-state index in [0.29, 0.717) is 11.1 Å². The second-order valence-corrected chi connectivity index (χ2v) is 16.2. The second-order valence-electron chi connectivity index (χ2n) is 12.2. The van der Waals surface area contributed by atoms with Crippen LogP contribution in [0.15, 0.2) is 43.6 Å². The number of nitrogens with two attached hydrogens (primary N) is 2. The SMILES string of the molecule is CO/N=C(/C(=O)N[C@@H]1C(=O)N2C(C(=O)O)=C(COC(C)=O)CS[C@H]12)c1csc(N)n1.CO/N=C(/C(=O)N[C@@H]1C(=O)N2C(C(=O)O)=C(COC(C)=O)CS[C@H]12)c1csc(N)n1. The molecule has 320 valence electrons. The van der Waals surface area contributed by atoms with Crippen molar-refractivity contribution in [3.63, 3.8) is 0 Å². The summed E-state index contributed by atoms with van der Waals surface area (Å²) in [5, 5.41) is 33.7. The fourth-order valence-corrected chi connectivity index (χ4v) is 9.52. The number of thiazole rings is 2. The molecule has 2 aromatic rings. The molecule has 4 aliphatic rings. The number of amides is 4. The molecule has 0 aliphatic carbocycles. The highest BCUT2D eigenvalue weighted by molar-refractivity contribution is 8.00. The molecule has 60 heavy (non-hydrogen) atoms. The predicted octanol–water partition coefficient (Wildman–Crippen LogP) is -1.24. The lowest BCUT2D eigenvalue weighted by Crippen LogP contribution is -2.71. The Hall–Kier alpha value is -6.26. The van der Waals surface area contributed by atoms with E-state index in [0.717, 1.165) is 32.5 Å². The van der Waals surface area contributed by atoms with Crippen molar-refractivity contribution in [2.45, 2.75) is 36.7 Å². The molecule has 0 radical (unpaired) electrons. The molecule has 8 N–H and O–H groups in total. The summed E-state index contributed by atoms with van der Waals surface area (Å²) in [6, 6.07) is -1.93. The van der Waals surface area contributed by atoms with Crippen molar-refractivity contribution < 1.29 is 67.7 Å². The molecule has 2 fully saturated rings. The number of oxime groups is 2. The lowest BCUT2D eigenvalue weighted by atomic mass is 10.0. The minimum atomic E-state index is -1.32. The number of fused-ring (bicyclic) bond motifs is 2. The van der Waals surface area contributed by atoms with Crippen LogP contribution in [0.1, 0.15) is 25.2 Å². The first-order valence-corrected chi connectivity index (χ1v) is 20.7. The van der Waals surface area contributed by atoms with Gasteiger partial charge in [-0.1, -0.05) is 10.3 Å². The summed E-state index contributed by atoms with van der Waals surface area (Å²) in [7, 11) is 2.51. The van der Waals surface area contributed by atoms with Crippen LogP contribution in [0, 0.1) is 0 Å². The number of aromatic nitrogens is 2. The third-order valence-electron chi connectivity index (χ3n) is 8.30. The van der Waals surface area contributed by atoms with Crippen LogP contribution in [0.25, 0.3) is 0 Å². The van der Waals surface area contributed by atoms with E-state index in [4.69, 9.17) is 20.9 Å². The molecule has 0 unspecified atom stereocenters. The van der Waals surface area contributed by atoms with E-state index in [9.17, 15) is 48.6 Å². The fraction of sp³-hybridized carbons (Fsp3) is 0.375. The average molecular weight is 911 g/mol. The topological polar surface area (TPSA) is 347 Å². The Balaban J connectivity index is 0.000000228. The maximum Gasteiger partial charge on any atom is 0.352 e. The lowest BCUT2D eigenvalue weighted by molar-refractivity contribution is -0.150. The van der Waals surface area contributed by atoms with Gasteiger partial charge in [-0.05, 0) is 0 Å². The Morgan fingerprint density at radius 1 is 0.733 bits per heavy atom. The van der Waals surface area contributed by atoms with Gasteiger partial charge in [0.2, 0.25) is 0 Å². The maximum absolute atomic E-state index is 12.7. The van der Waals surface area contributed by atoms with Crippen LogP contribution in [0.4, 0.5) is 10.3 Å². The lowest BCUT2D eigenvalue weighted by Gasteiger charge is -2.49. The highest BCUT2D eigenvalue weighted by Crippen LogP contribution is 2.41. The number of hydrogen-bond donors (Lipinski definition) is 6. The van der Waals surface area contributed by atoms with E-state index in [1.165, 1.54) is 62.4 Å². The van der Waals surface area contributed by atoms with E-state index in [1.54, 1.807) is 0 Å². The zero-order chi connectivity index (χ0) is 44.0. The van der Waals surface area contributed by atoms with Gasteiger partial charge in [-0.25, -0.2) is 19.6 Å². The summed E-state index contributed by atoms with van der Waals surface area (Å²) in [4.78, 5) is 116. The number of carboxylic acids is 2. The van der Waals surface area contributed by atoms with Crippen molar-refractivity contribution in [3.8, 4) is 0 Å². The van der Waals surface area contributed by atoms with Crippen molar-refractivity contribution in [3.05, 3.63) is 44.7 Å². The molecule has 2 saturated heterocycles.